The van der Waals surface area contributed by atoms with Crippen LogP contribution >= 0.6 is 15.9 Å². The van der Waals surface area contributed by atoms with Crippen molar-refractivity contribution in [2.75, 3.05) is 20.3 Å². The van der Waals surface area contributed by atoms with Crippen molar-refractivity contribution in [2.45, 2.75) is 0 Å². The van der Waals surface area contributed by atoms with Gasteiger partial charge in [-0.15, -0.1) is 0 Å². The first-order valence-electron chi connectivity index (χ1n) is 4.97. The average molecular weight is 320 g/mol. The van der Waals surface area contributed by atoms with Gasteiger partial charge in [-0.2, -0.15) is 0 Å². The van der Waals surface area contributed by atoms with Crippen molar-refractivity contribution in [1.82, 2.24) is 5.32 Å². The Labute approximate surface area is 111 Å². The van der Waals surface area contributed by atoms with Crippen molar-refractivity contribution in [3.05, 3.63) is 28.5 Å². The zero-order valence-corrected chi connectivity index (χ0v) is 11.1. The van der Waals surface area contributed by atoms with Gasteiger partial charge in [0.1, 0.15) is 11.6 Å². The lowest BCUT2D eigenvalue weighted by Gasteiger charge is -2.08. The van der Waals surface area contributed by atoms with E-state index in [1.165, 1.54) is 25.2 Å². The normalized spacial score (nSPS) is 9.72. The van der Waals surface area contributed by atoms with E-state index in [9.17, 15) is 14.0 Å². The first kappa shape index (κ1) is 14.4. The summed E-state index contributed by atoms with van der Waals surface area (Å²) in [5, 5.41) is 2.30. The molecule has 0 aliphatic rings. The van der Waals surface area contributed by atoms with Crippen LogP contribution in [-0.2, 0) is 14.3 Å². The quantitative estimate of drug-likeness (QED) is 0.830. The van der Waals surface area contributed by atoms with E-state index >= 15 is 0 Å². The predicted octanol–water partition coefficient (Wildman–Crippen LogP) is 1.26. The van der Waals surface area contributed by atoms with E-state index in [4.69, 9.17) is 4.74 Å². The molecule has 0 atom stereocenters. The summed E-state index contributed by atoms with van der Waals surface area (Å²) in [4.78, 5) is 22.0. The molecule has 0 bridgehead atoms. The summed E-state index contributed by atoms with van der Waals surface area (Å²) >= 11 is 3.09. The number of benzene rings is 1. The Kier molecular flexibility index (Phi) is 5.57. The lowest BCUT2D eigenvalue weighted by molar-refractivity contribution is -0.150. The van der Waals surface area contributed by atoms with Gasteiger partial charge < -0.3 is 14.8 Å². The third-order valence-corrected chi connectivity index (χ3v) is 2.50. The van der Waals surface area contributed by atoms with Gasteiger partial charge in [-0.1, -0.05) is 0 Å². The van der Waals surface area contributed by atoms with E-state index in [1.54, 1.807) is 0 Å². The second kappa shape index (κ2) is 6.95. The zero-order chi connectivity index (χ0) is 13.5. The fraction of sp³-hybridized carbons (Fsp3) is 0.273. The lowest BCUT2D eigenvalue weighted by Crippen LogP contribution is -2.26. The number of ether oxygens (including phenoxy) is 2. The molecule has 98 valence electrons. The summed E-state index contributed by atoms with van der Waals surface area (Å²) in [6.45, 7) is -0.718. The highest BCUT2D eigenvalue weighted by atomic mass is 79.9. The van der Waals surface area contributed by atoms with Gasteiger partial charge in [0.05, 0.1) is 4.47 Å². The molecule has 0 aliphatic carbocycles. The Morgan fingerprint density at radius 2 is 2.11 bits per heavy atom. The fourth-order valence-corrected chi connectivity index (χ4v) is 1.45. The monoisotopic (exact) mass is 319 g/mol. The zero-order valence-electron chi connectivity index (χ0n) is 9.54. The summed E-state index contributed by atoms with van der Waals surface area (Å²) in [5.74, 6) is -1.20. The van der Waals surface area contributed by atoms with E-state index in [0.717, 1.165) is 0 Å². The third-order valence-electron chi connectivity index (χ3n) is 1.88. The van der Waals surface area contributed by atoms with Crippen molar-refractivity contribution >= 4 is 27.8 Å². The maximum atomic E-state index is 12.8. The third kappa shape index (κ3) is 4.70. The Balaban J connectivity index is 2.40. The Hall–Kier alpha value is -1.63. The highest BCUT2D eigenvalue weighted by Crippen LogP contribution is 2.25. The molecule has 5 nitrogen and oxygen atoms in total. The van der Waals surface area contributed by atoms with Crippen LogP contribution in [0.25, 0.3) is 0 Å². The van der Waals surface area contributed by atoms with Gasteiger partial charge in [0.25, 0.3) is 5.91 Å². The molecule has 7 heteroatoms. The first-order valence-corrected chi connectivity index (χ1v) is 5.76. The van der Waals surface area contributed by atoms with Crippen molar-refractivity contribution < 1.29 is 23.5 Å². The van der Waals surface area contributed by atoms with Gasteiger partial charge in [-0.05, 0) is 34.1 Å². The molecule has 18 heavy (non-hydrogen) atoms. The highest BCUT2D eigenvalue weighted by molar-refractivity contribution is 9.10. The summed E-state index contributed by atoms with van der Waals surface area (Å²) in [6.07, 6.45) is 0. The molecule has 1 rings (SSSR count). The maximum Gasteiger partial charge on any atom is 0.344 e. The molecule has 1 aromatic carbocycles. The first-order chi connectivity index (χ1) is 8.52. The van der Waals surface area contributed by atoms with Crippen LogP contribution in [0, 0.1) is 5.82 Å². The van der Waals surface area contributed by atoms with E-state index in [0.29, 0.717) is 10.2 Å². The van der Waals surface area contributed by atoms with E-state index in [-0.39, 0.29) is 13.2 Å². The van der Waals surface area contributed by atoms with E-state index in [2.05, 4.69) is 26.0 Å². The number of nitrogens with one attached hydrogen (secondary N) is 1. The number of carbonyl (C=O) groups excluding carboxylic acids is 2. The van der Waals surface area contributed by atoms with Crippen LogP contribution in [0.2, 0.25) is 0 Å². The van der Waals surface area contributed by atoms with E-state index in [1.807, 2.05) is 0 Å². The number of esters is 1. The van der Waals surface area contributed by atoms with Crippen LogP contribution in [0.15, 0.2) is 22.7 Å². The molecular formula is C11H11BrFNO4. The Bertz CT molecular complexity index is 453. The highest BCUT2D eigenvalue weighted by Gasteiger charge is 2.09. The molecule has 1 N–H and O–H groups in total. The topological polar surface area (TPSA) is 64.6 Å². The minimum atomic E-state index is -0.685. The molecular weight excluding hydrogens is 309 g/mol. The SMILES string of the molecule is CNC(=O)COC(=O)COc1ccc(F)cc1Br. The van der Waals surface area contributed by atoms with Crippen LogP contribution in [-0.4, -0.2) is 32.1 Å². The molecule has 0 saturated carbocycles. The van der Waals surface area contributed by atoms with Gasteiger partial charge in [0.15, 0.2) is 13.2 Å². The fourth-order valence-electron chi connectivity index (χ4n) is 0.989. The standard InChI is InChI=1S/C11H11BrFNO4/c1-14-10(15)5-18-11(16)6-17-9-3-2-7(13)4-8(9)12/h2-4H,5-6H2,1H3,(H,14,15). The largest absolute Gasteiger partial charge is 0.481 e. The average Bonchev–Trinajstić information content (AvgIpc) is 2.34. The number of halogens is 2. The molecule has 0 aliphatic heterocycles. The smallest absolute Gasteiger partial charge is 0.344 e. The van der Waals surface area contributed by atoms with Crippen LogP contribution in [0.1, 0.15) is 0 Å². The molecule has 0 heterocycles. The van der Waals surface area contributed by atoms with Gasteiger partial charge in [-0.3, -0.25) is 4.79 Å². The lowest BCUT2D eigenvalue weighted by atomic mass is 10.3. The van der Waals surface area contributed by atoms with Crippen molar-refractivity contribution in [1.29, 1.82) is 0 Å². The summed E-state index contributed by atoms with van der Waals surface area (Å²) < 4.78 is 22.9. The molecule has 1 aromatic rings. The predicted molar refractivity (Wildman–Crippen MR) is 64.6 cm³/mol. The second-order valence-electron chi connectivity index (χ2n) is 3.20. The molecule has 0 radical (unpaired) electrons. The second-order valence-corrected chi connectivity index (χ2v) is 4.05. The number of rotatable bonds is 5. The minimum Gasteiger partial charge on any atom is -0.481 e. The van der Waals surface area contributed by atoms with Crippen molar-refractivity contribution in [2.24, 2.45) is 0 Å². The van der Waals surface area contributed by atoms with E-state index < -0.39 is 17.7 Å². The summed E-state index contributed by atoms with van der Waals surface area (Å²) in [6, 6.07) is 3.80. The number of likely N-dealkylation sites (N-methyl/N-ethyl adjacent to an activating group) is 1. The number of carbonyl (C=O) groups is 2. The van der Waals surface area contributed by atoms with Gasteiger partial charge in [-0.25, -0.2) is 9.18 Å². The molecule has 0 spiro atoms. The van der Waals surface area contributed by atoms with Gasteiger partial charge in [0, 0.05) is 7.05 Å². The Morgan fingerprint density at radius 1 is 1.39 bits per heavy atom. The van der Waals surface area contributed by atoms with Crippen LogP contribution in [0.3, 0.4) is 0 Å². The van der Waals surface area contributed by atoms with Gasteiger partial charge in [0.2, 0.25) is 0 Å². The van der Waals surface area contributed by atoms with Crippen molar-refractivity contribution in [3.63, 3.8) is 0 Å². The Morgan fingerprint density at radius 3 is 2.72 bits per heavy atom. The van der Waals surface area contributed by atoms with Crippen LogP contribution in [0.5, 0.6) is 5.75 Å². The summed E-state index contributed by atoms with van der Waals surface area (Å²) in [7, 11) is 1.43. The molecule has 0 aromatic heterocycles. The number of hydrogen-bond donors (Lipinski definition) is 1. The minimum absolute atomic E-state index is 0.313. The van der Waals surface area contributed by atoms with Crippen LogP contribution in [0.4, 0.5) is 4.39 Å². The van der Waals surface area contributed by atoms with Crippen LogP contribution < -0.4 is 10.1 Å². The number of amides is 1. The van der Waals surface area contributed by atoms with Crippen molar-refractivity contribution in [3.8, 4) is 5.75 Å². The summed E-state index contributed by atoms with van der Waals surface area (Å²) in [5.41, 5.74) is 0. The molecule has 0 unspecified atom stereocenters. The molecule has 0 saturated heterocycles. The number of hydrogen-bond acceptors (Lipinski definition) is 4. The molecule has 0 fully saturated rings. The maximum absolute atomic E-state index is 12.8. The molecule has 1 amide bonds. The van der Waals surface area contributed by atoms with Gasteiger partial charge >= 0.3 is 5.97 Å².